The molecule has 0 spiro atoms. The van der Waals surface area contributed by atoms with Crippen molar-refractivity contribution in [3.63, 3.8) is 0 Å². The highest BCUT2D eigenvalue weighted by molar-refractivity contribution is 7.07. The van der Waals surface area contributed by atoms with Crippen LogP contribution in [0.5, 0.6) is 0 Å². The second kappa shape index (κ2) is 7.20. The minimum Gasteiger partial charge on any atom is -0.306 e. The smallest absolute Gasteiger partial charge is 0.230 e. The number of nitrogens with zero attached hydrogens (tertiary/aromatic N) is 2. The summed E-state index contributed by atoms with van der Waals surface area (Å²) in [6.07, 6.45) is 5.42. The number of pyridine rings is 1. The van der Waals surface area contributed by atoms with Crippen molar-refractivity contribution in [2.24, 2.45) is 5.92 Å². The Hall–Kier alpha value is -1.68. The highest BCUT2D eigenvalue weighted by Crippen LogP contribution is 2.21. The largest absolute Gasteiger partial charge is 0.306 e. The van der Waals surface area contributed by atoms with Gasteiger partial charge in [0, 0.05) is 12.1 Å². The summed E-state index contributed by atoms with van der Waals surface area (Å²) in [6.45, 7) is 4.72. The lowest BCUT2D eigenvalue weighted by Crippen LogP contribution is -2.34. The number of anilines is 1. The molecule has 2 aromatic rings. The molecule has 0 saturated heterocycles. The van der Waals surface area contributed by atoms with Gasteiger partial charge in [-0.2, -0.15) is 11.3 Å². The second-order valence-corrected chi connectivity index (χ2v) is 5.74. The highest BCUT2D eigenvalue weighted by atomic mass is 32.1. The number of aromatic nitrogens is 1. The highest BCUT2D eigenvalue weighted by Gasteiger charge is 2.21. The Morgan fingerprint density at radius 2 is 2.30 bits per heavy atom. The number of carbonyl (C=O) groups excluding carboxylic acids is 1. The van der Waals surface area contributed by atoms with Gasteiger partial charge in [0.1, 0.15) is 0 Å². The van der Waals surface area contributed by atoms with Crippen LogP contribution in [0, 0.1) is 5.92 Å². The molecule has 2 aromatic heterocycles. The van der Waals surface area contributed by atoms with E-state index >= 15 is 0 Å². The van der Waals surface area contributed by atoms with Crippen LogP contribution in [0.15, 0.2) is 41.4 Å². The maximum absolute atomic E-state index is 12.7. The van der Waals surface area contributed by atoms with Crippen molar-refractivity contribution >= 4 is 22.9 Å². The molecule has 0 aliphatic carbocycles. The van der Waals surface area contributed by atoms with Crippen LogP contribution in [-0.2, 0) is 11.3 Å². The Bertz CT molecular complexity index is 525. The lowest BCUT2D eigenvalue weighted by molar-refractivity contribution is -0.122. The standard InChI is InChI=1S/C16H20N2OS/c1-3-5-13(2)16(19)18(11-14-7-9-20-12-14)15-6-4-8-17-10-15/h4,6-10,12-13H,3,5,11H2,1-2H3/t13-/m0/s1. The van der Waals surface area contributed by atoms with Crippen molar-refractivity contribution in [1.82, 2.24) is 4.98 Å². The molecular weight excluding hydrogens is 268 g/mol. The van der Waals surface area contributed by atoms with Gasteiger partial charge in [-0.05, 0) is 40.9 Å². The average molecular weight is 288 g/mol. The monoisotopic (exact) mass is 288 g/mol. The van der Waals surface area contributed by atoms with Gasteiger partial charge in [-0.25, -0.2) is 0 Å². The fourth-order valence-electron chi connectivity index (χ4n) is 2.20. The lowest BCUT2D eigenvalue weighted by Gasteiger charge is -2.25. The van der Waals surface area contributed by atoms with E-state index in [2.05, 4.69) is 23.4 Å². The summed E-state index contributed by atoms with van der Waals surface area (Å²) in [7, 11) is 0. The first-order chi connectivity index (χ1) is 9.72. The number of thiophene rings is 1. The molecule has 1 atom stereocenters. The summed E-state index contributed by atoms with van der Waals surface area (Å²) in [5.74, 6) is 0.213. The van der Waals surface area contributed by atoms with Gasteiger partial charge in [-0.3, -0.25) is 9.78 Å². The zero-order chi connectivity index (χ0) is 14.4. The summed E-state index contributed by atoms with van der Waals surface area (Å²) in [5, 5.41) is 4.12. The van der Waals surface area contributed by atoms with Gasteiger partial charge in [0.15, 0.2) is 0 Å². The Kier molecular flexibility index (Phi) is 5.30. The molecule has 3 nitrogen and oxygen atoms in total. The molecule has 20 heavy (non-hydrogen) atoms. The molecule has 0 saturated carbocycles. The van der Waals surface area contributed by atoms with Gasteiger partial charge in [-0.1, -0.05) is 20.3 Å². The topological polar surface area (TPSA) is 33.2 Å². The van der Waals surface area contributed by atoms with E-state index in [1.54, 1.807) is 23.7 Å². The third-order valence-electron chi connectivity index (χ3n) is 3.29. The number of hydrogen-bond acceptors (Lipinski definition) is 3. The van der Waals surface area contributed by atoms with Gasteiger partial charge < -0.3 is 4.90 Å². The zero-order valence-corrected chi connectivity index (χ0v) is 12.8. The van der Waals surface area contributed by atoms with Gasteiger partial charge >= 0.3 is 0 Å². The van der Waals surface area contributed by atoms with Crippen LogP contribution in [0.3, 0.4) is 0 Å². The molecule has 0 aliphatic heterocycles. The summed E-state index contributed by atoms with van der Waals surface area (Å²) in [4.78, 5) is 18.6. The van der Waals surface area contributed by atoms with E-state index in [-0.39, 0.29) is 11.8 Å². The number of carbonyl (C=O) groups is 1. The summed E-state index contributed by atoms with van der Waals surface area (Å²) < 4.78 is 0. The van der Waals surface area contributed by atoms with Crippen LogP contribution < -0.4 is 4.90 Å². The van der Waals surface area contributed by atoms with E-state index in [0.717, 1.165) is 24.1 Å². The van der Waals surface area contributed by atoms with E-state index in [9.17, 15) is 4.79 Å². The van der Waals surface area contributed by atoms with E-state index in [4.69, 9.17) is 0 Å². The van der Waals surface area contributed by atoms with Crippen LogP contribution in [0.2, 0.25) is 0 Å². The molecule has 4 heteroatoms. The molecule has 0 radical (unpaired) electrons. The minimum atomic E-state index is 0.0406. The van der Waals surface area contributed by atoms with Crippen LogP contribution in [0.25, 0.3) is 0 Å². The molecule has 0 aliphatic rings. The SMILES string of the molecule is CCC[C@H](C)C(=O)N(Cc1ccsc1)c1cccnc1. The molecule has 2 rings (SSSR count). The Balaban J connectivity index is 2.22. The van der Waals surface area contributed by atoms with Crippen LogP contribution in [0.1, 0.15) is 32.3 Å². The third-order valence-corrected chi connectivity index (χ3v) is 4.02. The number of rotatable bonds is 6. The molecule has 1 amide bonds. The third kappa shape index (κ3) is 3.67. The van der Waals surface area contributed by atoms with Crippen molar-refractivity contribution < 1.29 is 4.79 Å². The van der Waals surface area contributed by atoms with Gasteiger partial charge in [0.25, 0.3) is 0 Å². The first-order valence-corrected chi connectivity index (χ1v) is 7.89. The van der Waals surface area contributed by atoms with Crippen molar-refractivity contribution in [2.75, 3.05) is 4.90 Å². The number of hydrogen-bond donors (Lipinski definition) is 0. The maximum atomic E-state index is 12.7. The molecule has 2 heterocycles. The van der Waals surface area contributed by atoms with E-state index < -0.39 is 0 Å². The van der Waals surface area contributed by atoms with Crippen molar-refractivity contribution in [1.29, 1.82) is 0 Å². The van der Waals surface area contributed by atoms with E-state index in [1.165, 1.54) is 0 Å². The minimum absolute atomic E-state index is 0.0406. The lowest BCUT2D eigenvalue weighted by atomic mass is 10.0. The average Bonchev–Trinajstić information content (AvgIpc) is 2.98. The Morgan fingerprint density at radius 1 is 1.45 bits per heavy atom. The summed E-state index contributed by atoms with van der Waals surface area (Å²) in [5.41, 5.74) is 2.03. The van der Waals surface area contributed by atoms with Crippen molar-refractivity contribution in [2.45, 2.75) is 33.2 Å². The normalized spacial score (nSPS) is 12.1. The van der Waals surface area contributed by atoms with E-state index in [1.807, 2.05) is 29.3 Å². The Labute approximate surface area is 124 Å². The Morgan fingerprint density at radius 3 is 2.90 bits per heavy atom. The summed E-state index contributed by atoms with van der Waals surface area (Å²) in [6, 6.07) is 5.87. The molecule has 0 bridgehead atoms. The van der Waals surface area contributed by atoms with Crippen LogP contribution in [0.4, 0.5) is 5.69 Å². The fraction of sp³-hybridized carbons (Fsp3) is 0.375. The zero-order valence-electron chi connectivity index (χ0n) is 12.0. The quantitative estimate of drug-likeness (QED) is 0.801. The predicted molar refractivity (Wildman–Crippen MR) is 83.8 cm³/mol. The molecule has 0 aromatic carbocycles. The summed E-state index contributed by atoms with van der Waals surface area (Å²) >= 11 is 1.65. The van der Waals surface area contributed by atoms with Gasteiger partial charge in [-0.15, -0.1) is 0 Å². The first-order valence-electron chi connectivity index (χ1n) is 6.95. The predicted octanol–water partition coefficient (Wildman–Crippen LogP) is 4.11. The fourth-order valence-corrected chi connectivity index (χ4v) is 2.86. The van der Waals surface area contributed by atoms with Crippen LogP contribution in [-0.4, -0.2) is 10.9 Å². The number of amides is 1. The van der Waals surface area contributed by atoms with Gasteiger partial charge in [0.2, 0.25) is 5.91 Å². The molecule has 0 fully saturated rings. The van der Waals surface area contributed by atoms with Gasteiger partial charge in [0.05, 0.1) is 18.4 Å². The molecule has 0 unspecified atom stereocenters. The van der Waals surface area contributed by atoms with Crippen LogP contribution >= 0.6 is 11.3 Å². The molecule has 0 N–H and O–H groups in total. The van der Waals surface area contributed by atoms with Crippen molar-refractivity contribution in [3.05, 3.63) is 46.9 Å². The molecule has 106 valence electrons. The maximum Gasteiger partial charge on any atom is 0.230 e. The first kappa shape index (κ1) is 14.7. The molecular formula is C16H20N2OS. The van der Waals surface area contributed by atoms with E-state index in [0.29, 0.717) is 6.54 Å². The second-order valence-electron chi connectivity index (χ2n) is 4.96. The van der Waals surface area contributed by atoms with Crippen molar-refractivity contribution in [3.8, 4) is 0 Å².